The minimum Gasteiger partial charge on any atom is -0.326 e. The molecule has 1 unspecified atom stereocenters. The van der Waals surface area contributed by atoms with Crippen LogP contribution >= 0.6 is 12.4 Å². The summed E-state index contributed by atoms with van der Waals surface area (Å²) >= 11 is 0. The van der Waals surface area contributed by atoms with E-state index in [4.69, 9.17) is 0 Å². The van der Waals surface area contributed by atoms with Gasteiger partial charge in [0.05, 0.1) is 4.90 Å². The highest BCUT2D eigenvalue weighted by Crippen LogP contribution is 2.27. The molecule has 0 radical (unpaired) electrons. The first-order chi connectivity index (χ1) is 12.3. The van der Waals surface area contributed by atoms with E-state index in [-0.39, 0.29) is 29.3 Å². The van der Waals surface area contributed by atoms with Gasteiger partial charge in [-0.05, 0) is 75.2 Å². The fourth-order valence-corrected chi connectivity index (χ4v) is 5.11. The molecule has 1 saturated heterocycles. The van der Waals surface area contributed by atoms with E-state index in [1.807, 2.05) is 0 Å². The lowest BCUT2D eigenvalue weighted by molar-refractivity contribution is -0.117. The Kier molecular flexibility index (Phi) is 7.68. The zero-order valence-electron chi connectivity index (χ0n) is 16.0. The van der Waals surface area contributed by atoms with Gasteiger partial charge < -0.3 is 10.6 Å². The van der Waals surface area contributed by atoms with E-state index >= 15 is 0 Å². The summed E-state index contributed by atoms with van der Waals surface area (Å²) in [5.41, 5.74) is 1.22. The van der Waals surface area contributed by atoms with Gasteiger partial charge in [0.1, 0.15) is 0 Å². The van der Waals surface area contributed by atoms with Crippen LogP contribution in [-0.4, -0.2) is 33.5 Å². The van der Waals surface area contributed by atoms with E-state index in [0.717, 1.165) is 38.8 Å². The maximum Gasteiger partial charge on any atom is 0.241 e. The number of aryl methyl sites for hydroxylation is 1. The molecular formula is C19H30ClN3O3S. The van der Waals surface area contributed by atoms with E-state index in [1.54, 1.807) is 25.1 Å². The first kappa shape index (κ1) is 22.1. The summed E-state index contributed by atoms with van der Waals surface area (Å²) in [5, 5.41) is 6.22. The zero-order chi connectivity index (χ0) is 18.7. The molecule has 0 aromatic heterocycles. The van der Waals surface area contributed by atoms with Crippen LogP contribution < -0.4 is 15.4 Å². The van der Waals surface area contributed by atoms with Crippen molar-refractivity contribution in [1.29, 1.82) is 0 Å². The molecule has 1 aliphatic heterocycles. The monoisotopic (exact) mass is 415 g/mol. The lowest BCUT2D eigenvalue weighted by atomic mass is 9.84. The lowest BCUT2D eigenvalue weighted by Crippen LogP contribution is -2.32. The molecular weight excluding hydrogens is 386 g/mol. The number of halogens is 1. The normalized spacial score (nSPS) is 19.2. The first-order valence-electron chi connectivity index (χ1n) is 9.49. The van der Waals surface area contributed by atoms with Crippen LogP contribution in [0.4, 0.5) is 5.69 Å². The van der Waals surface area contributed by atoms with Crippen molar-refractivity contribution >= 4 is 34.0 Å². The second-order valence-electron chi connectivity index (χ2n) is 7.69. The third-order valence-corrected chi connectivity index (χ3v) is 7.02. The zero-order valence-corrected chi connectivity index (χ0v) is 17.6. The summed E-state index contributed by atoms with van der Waals surface area (Å²) in [6.45, 7) is 5.93. The van der Waals surface area contributed by atoms with Gasteiger partial charge in [-0.3, -0.25) is 4.79 Å². The van der Waals surface area contributed by atoms with Gasteiger partial charge in [-0.2, -0.15) is 0 Å². The quantitative estimate of drug-likeness (QED) is 0.639. The number of anilines is 1. The average molecular weight is 416 g/mol. The molecule has 6 nitrogen and oxygen atoms in total. The number of carbonyl (C=O) groups is 1. The number of hydrogen-bond donors (Lipinski definition) is 3. The molecule has 1 aromatic carbocycles. The standard InChI is InChI=1S/C19H29N3O3S.ClH/c1-13-3-4-17(12-18(13)26(24,25)22-16-5-6-16)21-19(23)11-14(2)15-7-9-20-10-8-15;/h3-4,12,14-16,20,22H,5-11H2,1-2H3,(H,21,23);1H. The second-order valence-corrected chi connectivity index (χ2v) is 9.38. The Morgan fingerprint density at radius 1 is 1.22 bits per heavy atom. The molecule has 0 bridgehead atoms. The van der Waals surface area contributed by atoms with Crippen LogP contribution in [0.15, 0.2) is 23.1 Å². The van der Waals surface area contributed by atoms with Crippen molar-refractivity contribution in [1.82, 2.24) is 10.0 Å². The molecule has 0 spiro atoms. The Morgan fingerprint density at radius 3 is 2.52 bits per heavy atom. The third-order valence-electron chi connectivity index (χ3n) is 5.36. The van der Waals surface area contributed by atoms with Crippen LogP contribution in [-0.2, 0) is 14.8 Å². The van der Waals surface area contributed by atoms with Gasteiger partial charge in [0, 0.05) is 18.2 Å². The van der Waals surface area contributed by atoms with Gasteiger partial charge in [0.15, 0.2) is 0 Å². The van der Waals surface area contributed by atoms with Crippen LogP contribution in [0.25, 0.3) is 0 Å². The van der Waals surface area contributed by atoms with E-state index in [1.165, 1.54) is 0 Å². The van der Waals surface area contributed by atoms with Crippen molar-refractivity contribution in [2.45, 2.75) is 56.9 Å². The summed E-state index contributed by atoms with van der Waals surface area (Å²) in [6.07, 6.45) is 4.45. The van der Waals surface area contributed by atoms with E-state index < -0.39 is 10.0 Å². The van der Waals surface area contributed by atoms with E-state index in [0.29, 0.717) is 29.5 Å². The van der Waals surface area contributed by atoms with Crippen molar-refractivity contribution in [3.8, 4) is 0 Å². The molecule has 2 aliphatic rings. The summed E-state index contributed by atoms with van der Waals surface area (Å²) in [4.78, 5) is 12.7. The fourth-order valence-electron chi connectivity index (χ4n) is 3.54. The van der Waals surface area contributed by atoms with Gasteiger partial charge in [-0.1, -0.05) is 13.0 Å². The Bertz CT molecular complexity index is 759. The number of hydrogen-bond acceptors (Lipinski definition) is 4. The number of rotatable bonds is 7. The maximum atomic E-state index is 12.5. The molecule has 8 heteroatoms. The van der Waals surface area contributed by atoms with Crippen molar-refractivity contribution in [2.24, 2.45) is 11.8 Å². The highest BCUT2D eigenvalue weighted by atomic mass is 35.5. The Labute approximate surface area is 168 Å². The minimum atomic E-state index is -3.53. The van der Waals surface area contributed by atoms with Crippen LogP contribution in [0.3, 0.4) is 0 Å². The predicted molar refractivity (Wildman–Crippen MR) is 110 cm³/mol. The summed E-state index contributed by atoms with van der Waals surface area (Å²) in [7, 11) is -3.53. The van der Waals surface area contributed by atoms with Gasteiger partial charge in [0.2, 0.25) is 15.9 Å². The topological polar surface area (TPSA) is 87.3 Å². The van der Waals surface area contributed by atoms with Crippen LogP contribution in [0, 0.1) is 18.8 Å². The highest BCUT2D eigenvalue weighted by molar-refractivity contribution is 7.89. The lowest BCUT2D eigenvalue weighted by Gasteiger charge is -2.27. The highest BCUT2D eigenvalue weighted by Gasteiger charge is 2.29. The van der Waals surface area contributed by atoms with Gasteiger partial charge in [-0.25, -0.2) is 13.1 Å². The van der Waals surface area contributed by atoms with Crippen molar-refractivity contribution in [3.63, 3.8) is 0 Å². The number of benzene rings is 1. The van der Waals surface area contributed by atoms with Crippen LogP contribution in [0.2, 0.25) is 0 Å². The van der Waals surface area contributed by atoms with E-state index in [9.17, 15) is 13.2 Å². The molecule has 1 aliphatic carbocycles. The Balaban J connectivity index is 0.00000261. The van der Waals surface area contributed by atoms with Crippen molar-refractivity contribution in [2.75, 3.05) is 18.4 Å². The molecule has 3 N–H and O–H groups in total. The van der Waals surface area contributed by atoms with Crippen LogP contribution in [0.5, 0.6) is 0 Å². The molecule has 3 rings (SSSR count). The number of sulfonamides is 1. The van der Waals surface area contributed by atoms with Crippen molar-refractivity contribution in [3.05, 3.63) is 23.8 Å². The largest absolute Gasteiger partial charge is 0.326 e. The van der Waals surface area contributed by atoms with Crippen LogP contribution in [0.1, 0.15) is 44.6 Å². The van der Waals surface area contributed by atoms with Gasteiger partial charge in [-0.15, -0.1) is 12.4 Å². The average Bonchev–Trinajstić information content (AvgIpc) is 3.40. The predicted octanol–water partition coefficient (Wildman–Crippen LogP) is 2.82. The number of nitrogens with one attached hydrogen (secondary N) is 3. The molecule has 1 amide bonds. The molecule has 1 atom stereocenters. The van der Waals surface area contributed by atoms with E-state index in [2.05, 4.69) is 22.3 Å². The Morgan fingerprint density at radius 2 is 1.89 bits per heavy atom. The van der Waals surface area contributed by atoms with Crippen molar-refractivity contribution < 1.29 is 13.2 Å². The smallest absolute Gasteiger partial charge is 0.241 e. The Hall–Kier alpha value is -1.15. The molecule has 2 fully saturated rings. The summed E-state index contributed by atoms with van der Waals surface area (Å²) in [5.74, 6) is 0.833. The molecule has 1 saturated carbocycles. The second kappa shape index (κ2) is 9.37. The molecule has 1 aromatic rings. The molecule has 1 heterocycles. The first-order valence-corrected chi connectivity index (χ1v) is 11.0. The number of carbonyl (C=O) groups excluding carboxylic acids is 1. The number of piperidine rings is 1. The molecule has 27 heavy (non-hydrogen) atoms. The maximum absolute atomic E-state index is 12.5. The summed E-state index contributed by atoms with van der Waals surface area (Å²) in [6, 6.07) is 5.13. The molecule has 152 valence electrons. The fraction of sp³-hybridized carbons (Fsp3) is 0.632. The third kappa shape index (κ3) is 6.17. The minimum absolute atomic E-state index is 0. The van der Waals surface area contributed by atoms with Gasteiger partial charge in [0.25, 0.3) is 0 Å². The summed E-state index contributed by atoms with van der Waals surface area (Å²) < 4.78 is 27.7. The SMILES string of the molecule is Cc1ccc(NC(=O)CC(C)C2CCNCC2)cc1S(=O)(=O)NC1CC1.Cl. The van der Waals surface area contributed by atoms with Gasteiger partial charge >= 0.3 is 0 Å². The number of amides is 1.